The van der Waals surface area contributed by atoms with E-state index in [0.29, 0.717) is 5.92 Å². The third kappa shape index (κ3) is 3.13. The van der Waals surface area contributed by atoms with Gasteiger partial charge in [-0.25, -0.2) is 0 Å². The molecule has 0 saturated heterocycles. The number of hydrogen-bond donors (Lipinski definition) is 1. The highest BCUT2D eigenvalue weighted by molar-refractivity contribution is 5.23. The molecule has 0 aliphatic rings. The lowest BCUT2D eigenvalue weighted by atomic mass is 10.0. The maximum Gasteiger partial charge on any atom is -0.00595 e. The molecule has 0 aromatic rings. The minimum Gasteiger partial charge on any atom is -0.405 e. The Kier molecular flexibility index (Phi) is 4.38. The van der Waals surface area contributed by atoms with Crippen molar-refractivity contribution in [1.29, 1.82) is 0 Å². The first kappa shape index (κ1) is 9.02. The second kappa shape index (κ2) is 4.86. The minimum atomic E-state index is 0.512. The Labute approximate surface area is 62.9 Å². The second-order valence-corrected chi connectivity index (χ2v) is 2.42. The van der Waals surface area contributed by atoms with E-state index in [4.69, 9.17) is 5.73 Å². The summed E-state index contributed by atoms with van der Waals surface area (Å²) >= 11 is 0. The van der Waals surface area contributed by atoms with E-state index < -0.39 is 0 Å². The third-order valence-corrected chi connectivity index (χ3v) is 1.27. The van der Waals surface area contributed by atoms with Crippen molar-refractivity contribution in [3.63, 3.8) is 0 Å². The van der Waals surface area contributed by atoms with Crippen LogP contribution in [-0.2, 0) is 0 Å². The largest absolute Gasteiger partial charge is 0.405 e. The van der Waals surface area contributed by atoms with Crippen LogP contribution in [-0.4, -0.2) is 0 Å². The Morgan fingerprint density at radius 1 is 1.50 bits per heavy atom. The summed E-state index contributed by atoms with van der Waals surface area (Å²) in [6.45, 7) is 7.85. The molecule has 0 aliphatic carbocycles. The minimum absolute atomic E-state index is 0.512. The highest BCUT2D eigenvalue weighted by atomic mass is 14.5. The summed E-state index contributed by atoms with van der Waals surface area (Å²) in [5, 5.41) is 0. The zero-order valence-corrected chi connectivity index (χ0v) is 6.67. The summed E-state index contributed by atoms with van der Waals surface area (Å²) in [6, 6.07) is 0. The lowest BCUT2D eigenvalue weighted by Gasteiger charge is -2.03. The van der Waals surface area contributed by atoms with Crippen molar-refractivity contribution in [2.45, 2.75) is 13.8 Å². The standard InChI is InChI=1S/C9H15N/c1-4-5-9(6-7-10)8(2)3/h4-8H,1,10H2,2-3H3/b7-6-,9-5+. The van der Waals surface area contributed by atoms with Gasteiger partial charge in [0.1, 0.15) is 0 Å². The van der Waals surface area contributed by atoms with Crippen molar-refractivity contribution in [3.05, 3.63) is 36.6 Å². The molecule has 2 N–H and O–H groups in total. The van der Waals surface area contributed by atoms with E-state index in [0.717, 1.165) is 0 Å². The van der Waals surface area contributed by atoms with Gasteiger partial charge in [0.2, 0.25) is 0 Å². The SMILES string of the molecule is C=C/C=C(\C=C/N)C(C)C. The molecule has 0 fully saturated rings. The summed E-state index contributed by atoms with van der Waals surface area (Å²) in [6.07, 6.45) is 7.19. The summed E-state index contributed by atoms with van der Waals surface area (Å²) in [5.41, 5.74) is 6.45. The molecule has 0 rings (SSSR count). The third-order valence-electron chi connectivity index (χ3n) is 1.27. The summed E-state index contributed by atoms with van der Waals surface area (Å²) in [7, 11) is 0. The van der Waals surface area contributed by atoms with E-state index in [-0.39, 0.29) is 0 Å². The van der Waals surface area contributed by atoms with Crippen molar-refractivity contribution in [3.8, 4) is 0 Å². The molecule has 1 nitrogen and oxygen atoms in total. The van der Waals surface area contributed by atoms with Gasteiger partial charge in [-0.05, 0) is 23.8 Å². The molecule has 0 spiro atoms. The molecule has 1 heteroatoms. The highest BCUT2D eigenvalue weighted by Gasteiger charge is 1.95. The maximum atomic E-state index is 5.24. The van der Waals surface area contributed by atoms with Gasteiger partial charge in [-0.2, -0.15) is 0 Å². The number of rotatable bonds is 3. The fraction of sp³-hybridized carbons (Fsp3) is 0.333. The maximum absolute atomic E-state index is 5.24. The molecule has 0 amide bonds. The monoisotopic (exact) mass is 137 g/mol. The van der Waals surface area contributed by atoms with Gasteiger partial charge >= 0.3 is 0 Å². The van der Waals surface area contributed by atoms with Gasteiger partial charge in [0.25, 0.3) is 0 Å². The molecule has 10 heavy (non-hydrogen) atoms. The Morgan fingerprint density at radius 3 is 2.40 bits per heavy atom. The van der Waals surface area contributed by atoms with Gasteiger partial charge in [-0.1, -0.05) is 32.6 Å². The second-order valence-electron chi connectivity index (χ2n) is 2.42. The molecule has 56 valence electrons. The first-order chi connectivity index (χ1) is 4.72. The van der Waals surface area contributed by atoms with Crippen molar-refractivity contribution in [2.75, 3.05) is 0 Å². The van der Waals surface area contributed by atoms with Crippen molar-refractivity contribution in [1.82, 2.24) is 0 Å². The molecule has 0 bridgehead atoms. The van der Waals surface area contributed by atoms with E-state index >= 15 is 0 Å². The van der Waals surface area contributed by atoms with Crippen LogP contribution in [0, 0.1) is 5.92 Å². The topological polar surface area (TPSA) is 26.0 Å². The zero-order chi connectivity index (χ0) is 7.98. The molecular formula is C9H15N. The van der Waals surface area contributed by atoms with Crippen LogP contribution in [0.1, 0.15) is 13.8 Å². The van der Waals surface area contributed by atoms with Crippen molar-refractivity contribution >= 4 is 0 Å². The van der Waals surface area contributed by atoms with Crippen LogP contribution in [0.3, 0.4) is 0 Å². The summed E-state index contributed by atoms with van der Waals surface area (Å²) in [5.74, 6) is 0.512. The van der Waals surface area contributed by atoms with Crippen molar-refractivity contribution < 1.29 is 0 Å². The molecule has 0 unspecified atom stereocenters. The lowest BCUT2D eigenvalue weighted by Crippen LogP contribution is -1.90. The van der Waals surface area contributed by atoms with Gasteiger partial charge in [0, 0.05) is 0 Å². The average Bonchev–Trinajstić information content (AvgIpc) is 1.87. The number of hydrogen-bond acceptors (Lipinski definition) is 1. The van der Waals surface area contributed by atoms with Crippen LogP contribution < -0.4 is 5.73 Å². The Morgan fingerprint density at radius 2 is 2.10 bits per heavy atom. The van der Waals surface area contributed by atoms with Crippen LogP contribution in [0.25, 0.3) is 0 Å². The van der Waals surface area contributed by atoms with Crippen LogP contribution in [0.15, 0.2) is 36.6 Å². The number of nitrogens with two attached hydrogens (primary N) is 1. The fourth-order valence-electron chi connectivity index (χ4n) is 0.688. The van der Waals surface area contributed by atoms with Crippen LogP contribution in [0.2, 0.25) is 0 Å². The lowest BCUT2D eigenvalue weighted by molar-refractivity contribution is 0.791. The summed E-state index contributed by atoms with van der Waals surface area (Å²) in [4.78, 5) is 0. The normalized spacial score (nSPS) is 12.9. The molecule has 0 aromatic carbocycles. The van der Waals surface area contributed by atoms with E-state index in [1.165, 1.54) is 5.57 Å². The molecule has 0 aromatic heterocycles. The van der Waals surface area contributed by atoms with Crippen LogP contribution in [0.4, 0.5) is 0 Å². The smallest absolute Gasteiger partial charge is 0.00595 e. The molecule has 0 atom stereocenters. The van der Waals surface area contributed by atoms with Gasteiger partial charge in [-0.3, -0.25) is 0 Å². The van der Waals surface area contributed by atoms with Gasteiger partial charge in [0.05, 0.1) is 0 Å². The van der Waals surface area contributed by atoms with Crippen LogP contribution in [0.5, 0.6) is 0 Å². The predicted octanol–water partition coefficient (Wildman–Crippen LogP) is 2.23. The zero-order valence-electron chi connectivity index (χ0n) is 6.67. The van der Waals surface area contributed by atoms with E-state index in [1.807, 2.05) is 12.2 Å². The number of allylic oxidation sites excluding steroid dienone is 4. The highest BCUT2D eigenvalue weighted by Crippen LogP contribution is 2.09. The van der Waals surface area contributed by atoms with Gasteiger partial charge in [-0.15, -0.1) is 0 Å². The Bertz CT molecular complexity index is 152. The first-order valence-electron chi connectivity index (χ1n) is 3.43. The van der Waals surface area contributed by atoms with Gasteiger partial charge in [0.15, 0.2) is 0 Å². The first-order valence-corrected chi connectivity index (χ1v) is 3.43. The molecule has 0 heterocycles. The Hall–Kier alpha value is -0.980. The average molecular weight is 137 g/mol. The molecular weight excluding hydrogens is 122 g/mol. The molecule has 0 saturated carbocycles. The molecule has 0 aliphatic heterocycles. The van der Waals surface area contributed by atoms with Crippen LogP contribution >= 0.6 is 0 Å². The quantitative estimate of drug-likeness (QED) is 0.593. The van der Waals surface area contributed by atoms with E-state index in [1.54, 1.807) is 12.3 Å². The van der Waals surface area contributed by atoms with Crippen molar-refractivity contribution in [2.24, 2.45) is 11.7 Å². The Balaban J connectivity index is 4.25. The van der Waals surface area contributed by atoms with E-state index in [9.17, 15) is 0 Å². The summed E-state index contributed by atoms with van der Waals surface area (Å²) < 4.78 is 0. The fourth-order valence-corrected chi connectivity index (χ4v) is 0.688. The molecule has 0 radical (unpaired) electrons. The predicted molar refractivity (Wildman–Crippen MR) is 46.4 cm³/mol. The van der Waals surface area contributed by atoms with E-state index in [2.05, 4.69) is 20.4 Å². The van der Waals surface area contributed by atoms with Gasteiger partial charge < -0.3 is 5.73 Å².